The van der Waals surface area contributed by atoms with Gasteiger partial charge in [0.05, 0.1) is 5.56 Å². The summed E-state index contributed by atoms with van der Waals surface area (Å²) in [6.45, 7) is 6.27. The lowest BCUT2D eigenvalue weighted by Gasteiger charge is -2.37. The van der Waals surface area contributed by atoms with E-state index in [-0.39, 0.29) is 17.5 Å². The van der Waals surface area contributed by atoms with E-state index >= 15 is 0 Å². The summed E-state index contributed by atoms with van der Waals surface area (Å²) in [5, 5.41) is 0. The fraction of sp³-hybridized carbons (Fsp3) is 0.600. The van der Waals surface area contributed by atoms with Crippen molar-refractivity contribution in [2.45, 2.75) is 39.5 Å². The summed E-state index contributed by atoms with van der Waals surface area (Å²) in [6, 6.07) is 0. The highest BCUT2D eigenvalue weighted by Crippen LogP contribution is 2.49. The van der Waals surface area contributed by atoms with Crippen LogP contribution in [0.25, 0.3) is 0 Å². The zero-order chi connectivity index (χ0) is 13.0. The van der Waals surface area contributed by atoms with Crippen molar-refractivity contribution in [3.8, 4) is 0 Å². The molecular weight excluding hydrogens is 228 g/mol. The van der Waals surface area contributed by atoms with E-state index in [2.05, 4.69) is 13.8 Å². The van der Waals surface area contributed by atoms with Crippen molar-refractivity contribution in [3.05, 3.63) is 23.2 Å². The van der Waals surface area contributed by atoms with Crippen LogP contribution in [-0.2, 0) is 0 Å². The third kappa shape index (κ3) is 1.43. The second-order valence-electron chi connectivity index (χ2n) is 6.03. The first-order valence-corrected chi connectivity index (χ1v) is 6.69. The molecule has 0 aliphatic heterocycles. The molecule has 0 fully saturated rings. The van der Waals surface area contributed by atoms with Crippen LogP contribution < -0.4 is 0 Å². The SMILES string of the molecule is CC(C)[C@@H]1CC(=O)c2coc3c2[C@H]1C[C@H](C)C3=O. The van der Waals surface area contributed by atoms with Crippen LogP contribution in [0.4, 0.5) is 0 Å². The third-order valence-electron chi connectivity index (χ3n) is 4.57. The average molecular weight is 246 g/mol. The predicted molar refractivity (Wildman–Crippen MR) is 66.8 cm³/mol. The van der Waals surface area contributed by atoms with E-state index in [4.69, 9.17) is 4.42 Å². The normalized spacial score (nSPS) is 30.8. The first-order valence-electron chi connectivity index (χ1n) is 6.69. The lowest BCUT2D eigenvalue weighted by molar-refractivity contribution is 0.0828. The molecule has 3 rings (SSSR count). The molecule has 3 heteroatoms. The van der Waals surface area contributed by atoms with Crippen molar-refractivity contribution in [2.75, 3.05) is 0 Å². The molecule has 0 spiro atoms. The van der Waals surface area contributed by atoms with E-state index in [9.17, 15) is 9.59 Å². The minimum absolute atomic E-state index is 0.0101. The Kier molecular flexibility index (Phi) is 2.47. The van der Waals surface area contributed by atoms with Gasteiger partial charge >= 0.3 is 0 Å². The Bertz CT molecular complexity index is 524. The van der Waals surface area contributed by atoms with Crippen molar-refractivity contribution >= 4 is 11.6 Å². The van der Waals surface area contributed by atoms with E-state index in [1.54, 1.807) is 0 Å². The van der Waals surface area contributed by atoms with E-state index < -0.39 is 0 Å². The van der Waals surface area contributed by atoms with Crippen molar-refractivity contribution in [3.63, 3.8) is 0 Å². The Balaban J connectivity index is 2.17. The number of furan rings is 1. The largest absolute Gasteiger partial charge is 0.460 e. The van der Waals surface area contributed by atoms with Gasteiger partial charge in [-0.25, -0.2) is 0 Å². The van der Waals surface area contributed by atoms with Gasteiger partial charge in [0.15, 0.2) is 11.5 Å². The maximum absolute atomic E-state index is 12.1. The number of carbonyl (C=O) groups is 2. The molecule has 0 radical (unpaired) electrons. The van der Waals surface area contributed by atoms with Gasteiger partial charge in [0, 0.05) is 17.9 Å². The summed E-state index contributed by atoms with van der Waals surface area (Å²) in [5.74, 6) is 1.77. The standard InChI is InChI=1S/C15H18O3/c1-7(2)9-5-12(16)11-6-18-15-13(11)10(9)4-8(3)14(15)17/h6-10H,4-5H2,1-3H3/t8-,9-,10-/m0/s1. The molecule has 0 saturated heterocycles. The van der Waals surface area contributed by atoms with Crippen LogP contribution >= 0.6 is 0 Å². The van der Waals surface area contributed by atoms with Gasteiger partial charge in [0.1, 0.15) is 6.26 Å². The topological polar surface area (TPSA) is 47.3 Å². The smallest absolute Gasteiger partial charge is 0.201 e. The Hall–Kier alpha value is -1.38. The van der Waals surface area contributed by atoms with Crippen molar-refractivity contribution in [1.82, 2.24) is 0 Å². The lowest BCUT2D eigenvalue weighted by Crippen LogP contribution is -2.34. The quantitative estimate of drug-likeness (QED) is 0.762. The molecule has 0 saturated carbocycles. The summed E-state index contributed by atoms with van der Waals surface area (Å²) in [4.78, 5) is 24.2. The fourth-order valence-corrected chi connectivity index (χ4v) is 3.53. The van der Waals surface area contributed by atoms with Crippen LogP contribution in [0.5, 0.6) is 0 Å². The van der Waals surface area contributed by atoms with Crippen molar-refractivity contribution in [1.29, 1.82) is 0 Å². The highest BCUT2D eigenvalue weighted by atomic mass is 16.3. The van der Waals surface area contributed by atoms with Crippen LogP contribution in [-0.4, -0.2) is 11.6 Å². The van der Waals surface area contributed by atoms with Crippen LogP contribution in [0.15, 0.2) is 10.7 Å². The van der Waals surface area contributed by atoms with Crippen LogP contribution in [0.3, 0.4) is 0 Å². The summed E-state index contributed by atoms with van der Waals surface area (Å²) in [7, 11) is 0. The van der Waals surface area contributed by atoms with Crippen molar-refractivity contribution < 1.29 is 14.0 Å². The molecule has 2 aliphatic rings. The second-order valence-corrected chi connectivity index (χ2v) is 6.03. The molecule has 3 atom stereocenters. The molecule has 0 amide bonds. The monoisotopic (exact) mass is 246 g/mol. The molecule has 96 valence electrons. The number of hydrogen-bond donors (Lipinski definition) is 0. The maximum atomic E-state index is 12.1. The number of ketones is 2. The Labute approximate surface area is 107 Å². The molecule has 18 heavy (non-hydrogen) atoms. The predicted octanol–water partition coefficient (Wildman–Crippen LogP) is 3.44. The average Bonchev–Trinajstić information content (AvgIpc) is 2.75. The van der Waals surface area contributed by atoms with Gasteiger partial charge < -0.3 is 4.42 Å². The third-order valence-corrected chi connectivity index (χ3v) is 4.57. The molecule has 0 aromatic carbocycles. The van der Waals surface area contributed by atoms with E-state index in [0.717, 1.165) is 12.0 Å². The fourth-order valence-electron chi connectivity index (χ4n) is 3.53. The van der Waals surface area contributed by atoms with Crippen LogP contribution in [0.1, 0.15) is 66.0 Å². The van der Waals surface area contributed by atoms with Gasteiger partial charge in [-0.1, -0.05) is 20.8 Å². The van der Waals surface area contributed by atoms with Gasteiger partial charge in [-0.05, 0) is 24.2 Å². The number of rotatable bonds is 1. The second kappa shape index (κ2) is 3.81. The van der Waals surface area contributed by atoms with E-state index in [0.29, 0.717) is 35.5 Å². The van der Waals surface area contributed by atoms with Crippen LogP contribution in [0, 0.1) is 17.8 Å². The van der Waals surface area contributed by atoms with E-state index in [1.807, 2.05) is 6.92 Å². The minimum atomic E-state index is 0.0101. The first kappa shape index (κ1) is 11.7. The molecule has 1 aromatic rings. The highest BCUT2D eigenvalue weighted by molar-refractivity contribution is 6.05. The summed E-state index contributed by atoms with van der Waals surface area (Å²) in [6.07, 6.45) is 2.94. The highest BCUT2D eigenvalue weighted by Gasteiger charge is 2.45. The van der Waals surface area contributed by atoms with Gasteiger partial charge in [0.2, 0.25) is 5.78 Å². The Morgan fingerprint density at radius 3 is 2.72 bits per heavy atom. The van der Waals surface area contributed by atoms with Crippen LogP contribution in [0.2, 0.25) is 0 Å². The zero-order valence-corrected chi connectivity index (χ0v) is 11.0. The number of hydrogen-bond acceptors (Lipinski definition) is 3. The number of carbonyl (C=O) groups excluding carboxylic acids is 2. The molecule has 1 aromatic heterocycles. The molecule has 0 unspecified atom stereocenters. The van der Waals surface area contributed by atoms with Crippen molar-refractivity contribution in [2.24, 2.45) is 17.8 Å². The van der Waals surface area contributed by atoms with Gasteiger partial charge in [-0.2, -0.15) is 0 Å². The Morgan fingerprint density at radius 2 is 2.06 bits per heavy atom. The molecule has 3 nitrogen and oxygen atoms in total. The van der Waals surface area contributed by atoms with Gasteiger partial charge in [0.25, 0.3) is 0 Å². The van der Waals surface area contributed by atoms with Gasteiger partial charge in [-0.3, -0.25) is 9.59 Å². The zero-order valence-electron chi connectivity index (χ0n) is 11.0. The number of Topliss-reactive ketones (excluding diaryl/α,β-unsaturated/α-hetero) is 2. The molecule has 1 heterocycles. The minimum Gasteiger partial charge on any atom is -0.460 e. The summed E-state index contributed by atoms with van der Waals surface area (Å²) in [5.41, 5.74) is 1.57. The van der Waals surface area contributed by atoms with E-state index in [1.165, 1.54) is 6.26 Å². The van der Waals surface area contributed by atoms with Gasteiger partial charge in [-0.15, -0.1) is 0 Å². The lowest BCUT2D eigenvalue weighted by atomic mass is 9.64. The maximum Gasteiger partial charge on any atom is 0.201 e. The molecule has 0 N–H and O–H groups in total. The summed E-state index contributed by atoms with van der Waals surface area (Å²) < 4.78 is 5.40. The Morgan fingerprint density at radius 1 is 1.33 bits per heavy atom. The summed E-state index contributed by atoms with van der Waals surface area (Å²) >= 11 is 0. The molecule has 2 aliphatic carbocycles. The molecular formula is C15H18O3. The first-order chi connectivity index (χ1) is 8.50. The molecule has 0 bridgehead atoms.